The van der Waals surface area contributed by atoms with Gasteiger partial charge in [-0.05, 0) is 36.8 Å². The van der Waals surface area contributed by atoms with Crippen molar-refractivity contribution in [3.63, 3.8) is 0 Å². The summed E-state index contributed by atoms with van der Waals surface area (Å²) in [6.45, 7) is 1.58. The van der Waals surface area contributed by atoms with E-state index in [1.807, 2.05) is 0 Å². The van der Waals surface area contributed by atoms with Crippen molar-refractivity contribution in [3.05, 3.63) is 58.3 Å². The molecule has 2 aromatic carbocycles. The number of nitrogens with one attached hydrogen (secondary N) is 1. The van der Waals surface area contributed by atoms with Gasteiger partial charge >= 0.3 is 0 Å². The Balaban J connectivity index is 2.39. The van der Waals surface area contributed by atoms with Crippen LogP contribution in [0.5, 0.6) is 0 Å². The molecule has 0 saturated carbocycles. The molecule has 0 fully saturated rings. The molecule has 0 bridgehead atoms. The van der Waals surface area contributed by atoms with Crippen molar-refractivity contribution < 1.29 is 12.8 Å². The molecule has 0 spiro atoms. The molecule has 0 unspecified atom stereocenters. The van der Waals surface area contributed by atoms with Crippen LogP contribution in [-0.4, -0.2) is 8.42 Å². The lowest BCUT2D eigenvalue weighted by atomic mass is 10.2. The van der Waals surface area contributed by atoms with Crippen LogP contribution in [0.15, 0.2) is 51.8 Å². The Hall–Kier alpha value is -1.40. The van der Waals surface area contributed by atoms with E-state index in [9.17, 15) is 12.8 Å². The summed E-state index contributed by atoms with van der Waals surface area (Å²) < 4.78 is 40.9. The average Bonchev–Trinajstić information content (AvgIpc) is 2.35. The maximum atomic E-state index is 13.8. The average molecular weight is 344 g/mol. The second kappa shape index (κ2) is 5.30. The number of hydrogen-bond acceptors (Lipinski definition) is 2. The maximum Gasteiger partial charge on any atom is 0.262 e. The zero-order valence-corrected chi connectivity index (χ0v) is 12.4. The Morgan fingerprint density at radius 3 is 2.53 bits per heavy atom. The van der Waals surface area contributed by atoms with Crippen molar-refractivity contribution in [1.82, 2.24) is 0 Å². The fourth-order valence-electron chi connectivity index (χ4n) is 1.56. The van der Waals surface area contributed by atoms with Gasteiger partial charge in [-0.1, -0.05) is 34.1 Å². The van der Waals surface area contributed by atoms with Crippen LogP contribution in [0, 0.1) is 12.7 Å². The Kier molecular flexibility index (Phi) is 3.91. The lowest BCUT2D eigenvalue weighted by molar-refractivity contribution is 0.597. The zero-order valence-electron chi connectivity index (χ0n) is 10.0. The van der Waals surface area contributed by atoms with E-state index in [0.717, 1.165) is 0 Å². The number of hydrogen-bond donors (Lipinski definition) is 1. The molecular formula is C13H11BrFNO2S. The third-order valence-electron chi connectivity index (χ3n) is 2.54. The maximum absolute atomic E-state index is 13.8. The number of benzene rings is 2. The minimum Gasteiger partial charge on any atom is -0.277 e. The minimum absolute atomic E-state index is 0.0556. The van der Waals surface area contributed by atoms with Crippen LogP contribution >= 0.6 is 15.9 Å². The third-order valence-corrected chi connectivity index (χ3v) is 4.40. The van der Waals surface area contributed by atoms with Crippen LogP contribution in [0.1, 0.15) is 5.56 Å². The summed E-state index contributed by atoms with van der Waals surface area (Å²) in [5, 5.41) is 0. The van der Waals surface area contributed by atoms with E-state index < -0.39 is 15.8 Å². The van der Waals surface area contributed by atoms with E-state index >= 15 is 0 Å². The summed E-state index contributed by atoms with van der Waals surface area (Å²) in [6, 6.07) is 10.8. The minimum atomic E-state index is -3.80. The molecule has 1 N–H and O–H groups in total. The van der Waals surface area contributed by atoms with Crippen molar-refractivity contribution in [2.75, 3.05) is 4.72 Å². The molecule has 100 valence electrons. The molecule has 6 heteroatoms. The molecule has 19 heavy (non-hydrogen) atoms. The molecule has 0 aliphatic rings. The normalized spacial score (nSPS) is 11.3. The van der Waals surface area contributed by atoms with E-state index in [0.29, 0.717) is 10.0 Å². The van der Waals surface area contributed by atoms with E-state index in [1.165, 1.54) is 18.2 Å². The number of rotatable bonds is 3. The van der Waals surface area contributed by atoms with Crippen LogP contribution in [0.4, 0.5) is 10.1 Å². The van der Waals surface area contributed by atoms with Gasteiger partial charge in [-0.3, -0.25) is 4.72 Å². The standard InChI is InChI=1S/C13H11BrFNO2S/c1-9-4-2-7-12(13(9)15)16-19(17,18)11-6-3-5-10(14)8-11/h2-8,16H,1H3. The Morgan fingerprint density at radius 1 is 1.16 bits per heavy atom. The molecule has 3 nitrogen and oxygen atoms in total. The molecule has 2 aromatic rings. The number of halogens is 2. The van der Waals surface area contributed by atoms with Gasteiger partial charge in [0.15, 0.2) is 0 Å². The molecule has 0 aliphatic carbocycles. The molecule has 0 radical (unpaired) electrons. The smallest absolute Gasteiger partial charge is 0.262 e. The Bertz CT molecular complexity index is 716. The monoisotopic (exact) mass is 343 g/mol. The lowest BCUT2D eigenvalue weighted by Gasteiger charge is -2.10. The topological polar surface area (TPSA) is 46.2 Å². The highest BCUT2D eigenvalue weighted by Crippen LogP contribution is 2.22. The van der Waals surface area contributed by atoms with Crippen molar-refractivity contribution in [3.8, 4) is 0 Å². The second-order valence-electron chi connectivity index (χ2n) is 4.00. The van der Waals surface area contributed by atoms with Crippen molar-refractivity contribution in [1.29, 1.82) is 0 Å². The second-order valence-corrected chi connectivity index (χ2v) is 6.60. The van der Waals surface area contributed by atoms with Gasteiger partial charge in [-0.15, -0.1) is 0 Å². The molecule has 0 heterocycles. The molecule has 2 rings (SSSR count). The van der Waals surface area contributed by atoms with Gasteiger partial charge in [0.2, 0.25) is 0 Å². The van der Waals surface area contributed by atoms with Crippen LogP contribution in [0.25, 0.3) is 0 Å². The highest BCUT2D eigenvalue weighted by atomic mass is 79.9. The fourth-order valence-corrected chi connectivity index (χ4v) is 3.22. The van der Waals surface area contributed by atoms with E-state index in [-0.39, 0.29) is 10.6 Å². The van der Waals surface area contributed by atoms with E-state index in [4.69, 9.17) is 0 Å². The molecule has 0 atom stereocenters. The van der Waals surface area contributed by atoms with E-state index in [2.05, 4.69) is 20.7 Å². The summed E-state index contributed by atoms with van der Waals surface area (Å²) in [6.07, 6.45) is 0. The SMILES string of the molecule is Cc1cccc(NS(=O)(=O)c2cccc(Br)c2)c1F. The van der Waals surface area contributed by atoms with Crippen molar-refractivity contribution in [2.24, 2.45) is 0 Å². The highest BCUT2D eigenvalue weighted by Gasteiger charge is 2.16. The Morgan fingerprint density at radius 2 is 1.84 bits per heavy atom. The molecule has 0 saturated heterocycles. The third kappa shape index (κ3) is 3.13. The lowest BCUT2D eigenvalue weighted by Crippen LogP contribution is -2.14. The summed E-state index contributed by atoms with van der Waals surface area (Å²) in [7, 11) is -3.80. The van der Waals surface area contributed by atoms with Gasteiger partial charge < -0.3 is 0 Å². The summed E-state index contributed by atoms with van der Waals surface area (Å²) in [4.78, 5) is 0.0720. The predicted molar refractivity (Wildman–Crippen MR) is 76.1 cm³/mol. The first-order valence-electron chi connectivity index (χ1n) is 5.43. The van der Waals surface area contributed by atoms with E-state index in [1.54, 1.807) is 31.2 Å². The van der Waals surface area contributed by atoms with Gasteiger partial charge in [0.1, 0.15) is 5.82 Å². The molecule has 0 aliphatic heterocycles. The first-order valence-corrected chi connectivity index (χ1v) is 7.71. The van der Waals surface area contributed by atoms with Gasteiger partial charge in [0, 0.05) is 4.47 Å². The van der Waals surface area contributed by atoms with Crippen molar-refractivity contribution in [2.45, 2.75) is 11.8 Å². The summed E-state index contributed by atoms with van der Waals surface area (Å²) in [5.41, 5.74) is 0.328. The quantitative estimate of drug-likeness (QED) is 0.923. The van der Waals surface area contributed by atoms with Gasteiger partial charge in [-0.2, -0.15) is 0 Å². The largest absolute Gasteiger partial charge is 0.277 e. The number of anilines is 1. The zero-order chi connectivity index (χ0) is 14.0. The first-order chi connectivity index (χ1) is 8.90. The molecule has 0 amide bonds. The Labute approximate surface area is 119 Å². The number of sulfonamides is 1. The molecular weight excluding hydrogens is 333 g/mol. The van der Waals surface area contributed by atoms with Gasteiger partial charge in [-0.25, -0.2) is 12.8 Å². The van der Waals surface area contributed by atoms with Gasteiger partial charge in [0.05, 0.1) is 10.6 Å². The highest BCUT2D eigenvalue weighted by molar-refractivity contribution is 9.10. The molecule has 0 aromatic heterocycles. The summed E-state index contributed by atoms with van der Waals surface area (Å²) in [5.74, 6) is -0.568. The van der Waals surface area contributed by atoms with Crippen LogP contribution in [0.2, 0.25) is 0 Å². The van der Waals surface area contributed by atoms with Crippen LogP contribution < -0.4 is 4.72 Å². The predicted octanol–water partition coefficient (Wildman–Crippen LogP) is 3.70. The summed E-state index contributed by atoms with van der Waals surface area (Å²) >= 11 is 3.20. The van der Waals surface area contributed by atoms with Crippen molar-refractivity contribution >= 4 is 31.6 Å². The first kappa shape index (κ1) is 14.0. The van der Waals surface area contributed by atoms with Crippen LogP contribution in [0.3, 0.4) is 0 Å². The van der Waals surface area contributed by atoms with Gasteiger partial charge in [0.25, 0.3) is 10.0 Å². The number of aryl methyl sites for hydroxylation is 1. The fraction of sp³-hybridized carbons (Fsp3) is 0.0769. The van der Waals surface area contributed by atoms with Crippen LogP contribution in [-0.2, 0) is 10.0 Å².